The van der Waals surface area contributed by atoms with Crippen LogP contribution in [0.25, 0.3) is 11.4 Å². The molecule has 0 saturated carbocycles. The Morgan fingerprint density at radius 2 is 2.05 bits per heavy atom. The molecule has 0 aliphatic heterocycles. The van der Waals surface area contributed by atoms with Gasteiger partial charge in [0.05, 0.1) is 12.5 Å². The SMILES string of the molecule is Cc1ccc(N)c(-c2nnnn2C(C)CC(F)(F)F)c1. The van der Waals surface area contributed by atoms with Gasteiger partial charge in [0.2, 0.25) is 0 Å². The van der Waals surface area contributed by atoms with Crippen molar-refractivity contribution in [1.29, 1.82) is 0 Å². The van der Waals surface area contributed by atoms with E-state index in [1.165, 1.54) is 6.92 Å². The molecule has 0 bridgehead atoms. The van der Waals surface area contributed by atoms with E-state index in [0.29, 0.717) is 11.3 Å². The van der Waals surface area contributed by atoms with E-state index in [-0.39, 0.29) is 5.82 Å². The fraction of sp³-hybridized carbons (Fsp3) is 0.417. The van der Waals surface area contributed by atoms with Gasteiger partial charge >= 0.3 is 6.18 Å². The molecule has 1 aromatic heterocycles. The quantitative estimate of drug-likeness (QED) is 0.880. The fourth-order valence-corrected chi connectivity index (χ4v) is 1.95. The molecular formula is C12H14F3N5. The number of benzene rings is 1. The van der Waals surface area contributed by atoms with E-state index in [1.54, 1.807) is 12.1 Å². The van der Waals surface area contributed by atoms with Crippen LogP contribution in [0.15, 0.2) is 18.2 Å². The molecule has 1 aromatic carbocycles. The van der Waals surface area contributed by atoms with Gasteiger partial charge < -0.3 is 5.73 Å². The maximum atomic E-state index is 12.5. The molecule has 0 aliphatic rings. The van der Waals surface area contributed by atoms with Crippen molar-refractivity contribution in [2.45, 2.75) is 32.5 Å². The first-order valence-electron chi connectivity index (χ1n) is 5.99. The minimum Gasteiger partial charge on any atom is -0.398 e. The lowest BCUT2D eigenvalue weighted by atomic mass is 10.1. The van der Waals surface area contributed by atoms with Crippen LogP contribution >= 0.6 is 0 Å². The Balaban J connectivity index is 2.40. The third kappa shape index (κ3) is 3.06. The molecule has 8 heteroatoms. The van der Waals surface area contributed by atoms with Crippen LogP contribution in [-0.2, 0) is 0 Å². The molecule has 0 spiro atoms. The van der Waals surface area contributed by atoms with Gasteiger partial charge in [0.15, 0.2) is 5.82 Å². The van der Waals surface area contributed by atoms with E-state index in [2.05, 4.69) is 15.5 Å². The Kier molecular flexibility index (Phi) is 3.65. The summed E-state index contributed by atoms with van der Waals surface area (Å²) >= 11 is 0. The molecular weight excluding hydrogens is 271 g/mol. The van der Waals surface area contributed by atoms with Crippen LogP contribution in [0.2, 0.25) is 0 Å². The summed E-state index contributed by atoms with van der Waals surface area (Å²) in [5.74, 6) is 0.239. The molecule has 0 aliphatic carbocycles. The summed E-state index contributed by atoms with van der Waals surface area (Å²) in [7, 11) is 0. The zero-order chi connectivity index (χ0) is 14.9. The van der Waals surface area contributed by atoms with E-state index >= 15 is 0 Å². The molecule has 2 rings (SSSR count). The molecule has 0 fully saturated rings. The van der Waals surface area contributed by atoms with E-state index in [4.69, 9.17) is 5.73 Å². The predicted molar refractivity (Wildman–Crippen MR) is 67.8 cm³/mol. The molecule has 0 radical (unpaired) electrons. The smallest absolute Gasteiger partial charge is 0.391 e. The highest BCUT2D eigenvalue weighted by atomic mass is 19.4. The number of tetrazole rings is 1. The number of rotatable bonds is 3. The summed E-state index contributed by atoms with van der Waals surface area (Å²) in [6, 6.07) is 4.34. The van der Waals surface area contributed by atoms with Crippen molar-refractivity contribution in [1.82, 2.24) is 20.2 Å². The Labute approximate surface area is 113 Å². The topological polar surface area (TPSA) is 69.6 Å². The van der Waals surface area contributed by atoms with E-state index < -0.39 is 18.6 Å². The van der Waals surface area contributed by atoms with Gasteiger partial charge in [-0.1, -0.05) is 11.6 Å². The standard InChI is InChI=1S/C12H14F3N5/c1-7-3-4-10(16)9(5-7)11-17-18-19-20(11)8(2)6-12(13,14)15/h3-5,8H,6,16H2,1-2H3. The van der Waals surface area contributed by atoms with Crippen molar-refractivity contribution in [3.63, 3.8) is 0 Å². The zero-order valence-corrected chi connectivity index (χ0v) is 11.0. The summed E-state index contributed by atoms with van der Waals surface area (Å²) in [6.45, 7) is 3.27. The number of nitrogens with zero attached hydrogens (tertiary/aromatic N) is 4. The second-order valence-electron chi connectivity index (χ2n) is 4.71. The summed E-state index contributed by atoms with van der Waals surface area (Å²) in [6.07, 6.45) is -5.28. The lowest BCUT2D eigenvalue weighted by Crippen LogP contribution is -2.18. The average Bonchev–Trinajstić information content (AvgIpc) is 2.79. The molecule has 108 valence electrons. The van der Waals surface area contributed by atoms with Crippen LogP contribution in [-0.4, -0.2) is 26.4 Å². The van der Waals surface area contributed by atoms with Gasteiger partial charge in [0.25, 0.3) is 0 Å². The molecule has 2 aromatic rings. The van der Waals surface area contributed by atoms with Crippen molar-refractivity contribution in [3.05, 3.63) is 23.8 Å². The Hall–Kier alpha value is -2.12. The van der Waals surface area contributed by atoms with Crippen LogP contribution < -0.4 is 5.73 Å². The second-order valence-corrected chi connectivity index (χ2v) is 4.71. The number of nitrogen functional groups attached to an aromatic ring is 1. The third-order valence-electron chi connectivity index (χ3n) is 2.89. The van der Waals surface area contributed by atoms with Gasteiger partial charge in [-0.25, -0.2) is 4.68 Å². The molecule has 5 nitrogen and oxygen atoms in total. The minimum atomic E-state index is -4.28. The molecule has 1 heterocycles. The zero-order valence-electron chi connectivity index (χ0n) is 11.0. The Bertz CT molecular complexity index is 605. The maximum Gasteiger partial charge on any atom is 0.391 e. The van der Waals surface area contributed by atoms with Crippen LogP contribution in [0.3, 0.4) is 0 Å². The number of aryl methyl sites for hydroxylation is 1. The second kappa shape index (κ2) is 5.10. The summed E-state index contributed by atoms with van der Waals surface area (Å²) in [4.78, 5) is 0. The first-order chi connectivity index (χ1) is 9.28. The molecule has 1 unspecified atom stereocenters. The lowest BCUT2D eigenvalue weighted by molar-refractivity contribution is -0.142. The number of aromatic nitrogens is 4. The fourth-order valence-electron chi connectivity index (χ4n) is 1.95. The van der Waals surface area contributed by atoms with Gasteiger partial charge in [0, 0.05) is 11.3 Å². The number of hydrogen-bond acceptors (Lipinski definition) is 4. The largest absolute Gasteiger partial charge is 0.398 e. The Morgan fingerprint density at radius 3 is 2.70 bits per heavy atom. The number of halogens is 3. The number of hydrogen-bond donors (Lipinski definition) is 1. The summed E-state index contributed by atoms with van der Waals surface area (Å²) in [5, 5.41) is 10.9. The first kappa shape index (κ1) is 14.3. The number of anilines is 1. The molecule has 20 heavy (non-hydrogen) atoms. The van der Waals surface area contributed by atoms with Crippen molar-refractivity contribution in [2.24, 2.45) is 0 Å². The van der Waals surface area contributed by atoms with Crippen molar-refractivity contribution < 1.29 is 13.2 Å². The molecule has 1 atom stereocenters. The van der Waals surface area contributed by atoms with Crippen LogP contribution in [0.4, 0.5) is 18.9 Å². The minimum absolute atomic E-state index is 0.239. The monoisotopic (exact) mass is 285 g/mol. The van der Waals surface area contributed by atoms with Crippen LogP contribution in [0.1, 0.15) is 24.9 Å². The van der Waals surface area contributed by atoms with Crippen molar-refractivity contribution >= 4 is 5.69 Å². The van der Waals surface area contributed by atoms with E-state index in [9.17, 15) is 13.2 Å². The predicted octanol–water partition coefficient (Wildman–Crippen LogP) is 2.74. The lowest BCUT2D eigenvalue weighted by Gasteiger charge is -2.16. The van der Waals surface area contributed by atoms with Gasteiger partial charge in [-0.05, 0) is 36.4 Å². The maximum absolute atomic E-state index is 12.5. The normalized spacial score (nSPS) is 13.4. The van der Waals surface area contributed by atoms with Crippen LogP contribution in [0, 0.1) is 6.92 Å². The summed E-state index contributed by atoms with van der Waals surface area (Å²) in [5.41, 5.74) is 7.72. The highest BCUT2D eigenvalue weighted by Crippen LogP contribution is 2.31. The number of alkyl halides is 3. The van der Waals surface area contributed by atoms with Gasteiger partial charge in [-0.15, -0.1) is 5.10 Å². The third-order valence-corrected chi connectivity index (χ3v) is 2.89. The summed E-state index contributed by atoms with van der Waals surface area (Å²) < 4.78 is 38.6. The highest BCUT2D eigenvalue weighted by Gasteiger charge is 2.32. The number of nitrogens with two attached hydrogens (primary N) is 1. The van der Waals surface area contributed by atoms with Gasteiger partial charge in [-0.2, -0.15) is 13.2 Å². The van der Waals surface area contributed by atoms with Crippen molar-refractivity contribution in [2.75, 3.05) is 5.73 Å². The van der Waals surface area contributed by atoms with E-state index in [0.717, 1.165) is 10.2 Å². The van der Waals surface area contributed by atoms with Crippen molar-refractivity contribution in [3.8, 4) is 11.4 Å². The molecule has 2 N–H and O–H groups in total. The molecule has 0 amide bonds. The van der Waals surface area contributed by atoms with Gasteiger partial charge in [0.1, 0.15) is 0 Å². The highest BCUT2D eigenvalue weighted by molar-refractivity contribution is 5.72. The van der Waals surface area contributed by atoms with Gasteiger partial charge in [-0.3, -0.25) is 0 Å². The molecule has 0 saturated heterocycles. The van der Waals surface area contributed by atoms with Crippen LogP contribution in [0.5, 0.6) is 0 Å². The average molecular weight is 285 g/mol. The van der Waals surface area contributed by atoms with E-state index in [1.807, 2.05) is 13.0 Å². The Morgan fingerprint density at radius 1 is 1.35 bits per heavy atom. The first-order valence-corrected chi connectivity index (χ1v) is 5.99.